The second-order valence-corrected chi connectivity index (χ2v) is 11.9. The largest absolute Gasteiger partial charge is 0.507 e. The summed E-state index contributed by atoms with van der Waals surface area (Å²) >= 11 is 0. The van der Waals surface area contributed by atoms with Crippen molar-refractivity contribution in [2.24, 2.45) is 5.10 Å². The lowest BCUT2D eigenvalue weighted by atomic mass is 10.2. The SMILES string of the molecule is CCCS(=O)(=O)c1c(S(=O)(=O)CCC)c2c(C)cccn2c1C(=O)N/N=C\c1ccccc1O. The van der Waals surface area contributed by atoms with E-state index in [0.29, 0.717) is 11.1 Å². The smallest absolute Gasteiger partial charge is 0.289 e. The van der Waals surface area contributed by atoms with Gasteiger partial charge in [0.05, 0.1) is 23.2 Å². The van der Waals surface area contributed by atoms with E-state index in [0.717, 1.165) is 0 Å². The van der Waals surface area contributed by atoms with Gasteiger partial charge in [-0.15, -0.1) is 0 Å². The minimum atomic E-state index is -4.13. The number of fused-ring (bicyclic) bond motifs is 1. The summed E-state index contributed by atoms with van der Waals surface area (Å²) in [5.74, 6) is -1.52. The topological polar surface area (TPSA) is 134 Å². The fourth-order valence-electron chi connectivity index (χ4n) is 3.76. The Labute approximate surface area is 199 Å². The van der Waals surface area contributed by atoms with Gasteiger partial charge in [0.15, 0.2) is 19.7 Å². The summed E-state index contributed by atoms with van der Waals surface area (Å²) in [5.41, 5.74) is 2.96. The molecular formula is C23H27N3O6S2. The number of carbonyl (C=O) groups excluding carboxylic acids is 1. The van der Waals surface area contributed by atoms with Crippen molar-refractivity contribution in [3.8, 4) is 5.75 Å². The highest BCUT2D eigenvalue weighted by molar-refractivity contribution is 7.94. The zero-order chi connectivity index (χ0) is 25.1. The third-order valence-corrected chi connectivity index (χ3v) is 9.22. The molecule has 3 aromatic rings. The van der Waals surface area contributed by atoms with Gasteiger partial charge in [-0.25, -0.2) is 22.3 Å². The van der Waals surface area contributed by atoms with Crippen LogP contribution in [0.5, 0.6) is 5.75 Å². The molecule has 11 heteroatoms. The van der Waals surface area contributed by atoms with Crippen LogP contribution in [0.15, 0.2) is 57.5 Å². The number of benzene rings is 1. The Morgan fingerprint density at radius 1 is 1.00 bits per heavy atom. The first-order valence-electron chi connectivity index (χ1n) is 10.8. The number of phenols is 1. The van der Waals surface area contributed by atoms with Crippen LogP contribution in [0.3, 0.4) is 0 Å². The van der Waals surface area contributed by atoms with Crippen molar-refractivity contribution in [1.29, 1.82) is 0 Å². The number of aromatic nitrogens is 1. The van der Waals surface area contributed by atoms with Crippen LogP contribution in [0.1, 0.15) is 48.3 Å². The van der Waals surface area contributed by atoms with E-state index in [1.807, 2.05) is 0 Å². The predicted molar refractivity (Wildman–Crippen MR) is 130 cm³/mol. The maximum Gasteiger partial charge on any atom is 0.289 e. The van der Waals surface area contributed by atoms with E-state index in [9.17, 15) is 26.7 Å². The fraction of sp³-hybridized carbons (Fsp3) is 0.304. The molecule has 0 saturated carbocycles. The number of amides is 1. The van der Waals surface area contributed by atoms with Crippen molar-refractivity contribution in [2.75, 3.05) is 11.5 Å². The molecule has 1 amide bonds. The summed E-state index contributed by atoms with van der Waals surface area (Å²) < 4.78 is 54.5. The lowest BCUT2D eigenvalue weighted by Gasteiger charge is -2.09. The van der Waals surface area contributed by atoms with E-state index >= 15 is 0 Å². The van der Waals surface area contributed by atoms with Gasteiger partial charge in [-0.2, -0.15) is 5.10 Å². The first-order valence-corrected chi connectivity index (χ1v) is 14.1. The molecule has 0 aliphatic rings. The Hall–Kier alpha value is -3.18. The first kappa shape index (κ1) is 25.4. The summed E-state index contributed by atoms with van der Waals surface area (Å²) in [6.07, 6.45) is 3.20. The van der Waals surface area contributed by atoms with E-state index in [1.165, 1.54) is 22.9 Å². The summed E-state index contributed by atoms with van der Waals surface area (Å²) in [6.45, 7) is 5.01. The molecule has 2 aromatic heterocycles. The highest BCUT2D eigenvalue weighted by atomic mass is 32.2. The van der Waals surface area contributed by atoms with Gasteiger partial charge in [0.1, 0.15) is 21.2 Å². The zero-order valence-corrected chi connectivity index (χ0v) is 20.8. The normalized spacial score (nSPS) is 12.4. The second-order valence-electron chi connectivity index (χ2n) is 7.81. The standard InChI is InChI=1S/C23H27N3O6S2/c1-4-13-33(29,30)21-19-16(3)9-8-12-26(19)20(22(21)34(31,32)14-5-2)23(28)25-24-15-17-10-6-7-11-18(17)27/h6-12,15,27H,4-5,13-14H2,1-3H3,(H,25,28)/b24-15-. The van der Waals surface area contributed by atoms with E-state index in [1.54, 1.807) is 51.1 Å². The molecule has 182 valence electrons. The monoisotopic (exact) mass is 505 g/mol. The van der Waals surface area contributed by atoms with Crippen LogP contribution in [0.25, 0.3) is 5.52 Å². The Morgan fingerprint density at radius 2 is 1.62 bits per heavy atom. The molecule has 0 unspecified atom stereocenters. The molecule has 2 N–H and O–H groups in total. The predicted octanol–water partition coefficient (Wildman–Crippen LogP) is 3.08. The number of hydrazone groups is 1. The van der Waals surface area contributed by atoms with Crippen LogP contribution < -0.4 is 5.43 Å². The number of pyridine rings is 1. The fourth-order valence-corrected chi connectivity index (χ4v) is 7.80. The molecule has 1 aromatic carbocycles. The number of hydrogen-bond acceptors (Lipinski definition) is 7. The average Bonchev–Trinajstić information content (AvgIpc) is 3.13. The van der Waals surface area contributed by atoms with Gasteiger partial charge < -0.3 is 9.51 Å². The van der Waals surface area contributed by atoms with Crippen LogP contribution in [0.4, 0.5) is 0 Å². The van der Waals surface area contributed by atoms with Gasteiger partial charge in [0, 0.05) is 11.8 Å². The summed E-state index contributed by atoms with van der Waals surface area (Å²) in [4.78, 5) is 12.4. The minimum Gasteiger partial charge on any atom is -0.507 e. The van der Waals surface area contributed by atoms with Crippen molar-refractivity contribution in [3.05, 3.63) is 59.4 Å². The van der Waals surface area contributed by atoms with Crippen molar-refractivity contribution in [3.63, 3.8) is 0 Å². The van der Waals surface area contributed by atoms with E-state index in [4.69, 9.17) is 0 Å². The Balaban J connectivity index is 2.28. The molecule has 0 bridgehead atoms. The Bertz CT molecular complexity index is 1470. The number of aryl methyl sites for hydroxylation is 1. The number of sulfone groups is 2. The zero-order valence-electron chi connectivity index (χ0n) is 19.1. The second kappa shape index (κ2) is 9.98. The van der Waals surface area contributed by atoms with Crippen LogP contribution in [0.2, 0.25) is 0 Å². The van der Waals surface area contributed by atoms with E-state index < -0.39 is 30.5 Å². The van der Waals surface area contributed by atoms with Crippen LogP contribution in [0, 0.1) is 6.92 Å². The van der Waals surface area contributed by atoms with Gasteiger partial charge in [-0.3, -0.25) is 4.79 Å². The van der Waals surface area contributed by atoms with E-state index in [2.05, 4.69) is 10.5 Å². The quantitative estimate of drug-likeness (QED) is 0.339. The molecule has 34 heavy (non-hydrogen) atoms. The third kappa shape index (κ3) is 4.85. The number of nitrogens with one attached hydrogen (secondary N) is 1. The molecule has 0 atom stereocenters. The van der Waals surface area contributed by atoms with Crippen LogP contribution >= 0.6 is 0 Å². The highest BCUT2D eigenvalue weighted by Crippen LogP contribution is 2.35. The molecule has 9 nitrogen and oxygen atoms in total. The maximum atomic E-state index is 13.3. The summed E-state index contributed by atoms with van der Waals surface area (Å²) in [5, 5.41) is 13.7. The molecule has 0 aliphatic carbocycles. The molecule has 0 spiro atoms. The number of phenolic OH excluding ortho intramolecular Hbond substituents is 1. The highest BCUT2D eigenvalue weighted by Gasteiger charge is 2.37. The molecule has 2 heterocycles. The molecule has 0 fully saturated rings. The Kier molecular flexibility index (Phi) is 7.47. The number of carbonyl (C=O) groups is 1. The first-order chi connectivity index (χ1) is 16.0. The molecule has 3 rings (SSSR count). The molecular weight excluding hydrogens is 478 g/mol. The lowest BCUT2D eigenvalue weighted by Crippen LogP contribution is -2.23. The third-order valence-electron chi connectivity index (χ3n) is 5.16. The maximum absolute atomic E-state index is 13.3. The molecule has 0 radical (unpaired) electrons. The molecule has 0 aliphatic heterocycles. The van der Waals surface area contributed by atoms with E-state index in [-0.39, 0.29) is 46.2 Å². The van der Waals surface area contributed by atoms with Crippen LogP contribution in [-0.2, 0) is 19.7 Å². The number of hydrogen-bond donors (Lipinski definition) is 2. The van der Waals surface area contributed by atoms with Crippen molar-refractivity contribution in [1.82, 2.24) is 9.83 Å². The minimum absolute atomic E-state index is 0.0524. The van der Waals surface area contributed by atoms with Gasteiger partial charge >= 0.3 is 0 Å². The summed E-state index contributed by atoms with van der Waals surface area (Å²) in [7, 11) is -8.16. The van der Waals surface area contributed by atoms with Gasteiger partial charge in [0.2, 0.25) is 0 Å². The van der Waals surface area contributed by atoms with Gasteiger partial charge in [0.25, 0.3) is 5.91 Å². The Morgan fingerprint density at radius 3 is 2.24 bits per heavy atom. The van der Waals surface area contributed by atoms with Gasteiger partial charge in [-0.05, 0) is 43.5 Å². The number of rotatable bonds is 9. The number of aromatic hydroxyl groups is 1. The van der Waals surface area contributed by atoms with Crippen molar-refractivity contribution < 1.29 is 26.7 Å². The van der Waals surface area contributed by atoms with Gasteiger partial charge in [-0.1, -0.05) is 32.0 Å². The van der Waals surface area contributed by atoms with Crippen LogP contribution in [-0.4, -0.2) is 50.0 Å². The lowest BCUT2D eigenvalue weighted by molar-refractivity contribution is 0.0945. The van der Waals surface area contributed by atoms with Crippen molar-refractivity contribution >= 4 is 37.3 Å². The summed E-state index contributed by atoms with van der Waals surface area (Å²) in [6, 6.07) is 9.60. The number of nitrogens with zero attached hydrogens (tertiary/aromatic N) is 2. The van der Waals surface area contributed by atoms with Crippen molar-refractivity contribution in [2.45, 2.75) is 43.4 Å². The molecule has 0 saturated heterocycles. The number of para-hydroxylation sites is 1. The average molecular weight is 506 g/mol.